The van der Waals surface area contributed by atoms with Crippen LogP contribution in [0.3, 0.4) is 0 Å². The van der Waals surface area contributed by atoms with Crippen molar-refractivity contribution in [1.82, 2.24) is 15.1 Å². The van der Waals surface area contributed by atoms with E-state index in [1.165, 1.54) is 0 Å². The van der Waals surface area contributed by atoms with Crippen LogP contribution in [0, 0.1) is 5.92 Å². The molecule has 138 valence electrons. The SMILES string of the molecule is O=C(c1ccc2ccccc2c1)C1CCCN(C(=O)CCc2cn[nH]c2)C1. The molecule has 2 aromatic carbocycles. The number of aryl methyl sites for hydroxylation is 1. The van der Waals surface area contributed by atoms with Crippen LogP contribution in [0.4, 0.5) is 0 Å². The van der Waals surface area contributed by atoms with Gasteiger partial charge in [0.05, 0.1) is 6.20 Å². The zero-order valence-corrected chi connectivity index (χ0v) is 15.2. The molecule has 5 heteroatoms. The predicted molar refractivity (Wildman–Crippen MR) is 104 cm³/mol. The lowest BCUT2D eigenvalue weighted by Crippen LogP contribution is -2.42. The summed E-state index contributed by atoms with van der Waals surface area (Å²) >= 11 is 0. The fourth-order valence-corrected chi connectivity index (χ4v) is 3.82. The van der Waals surface area contributed by atoms with Crippen LogP contribution in [0.2, 0.25) is 0 Å². The molecule has 0 bridgehead atoms. The van der Waals surface area contributed by atoms with Crippen molar-refractivity contribution < 1.29 is 9.59 Å². The van der Waals surface area contributed by atoms with Crippen molar-refractivity contribution >= 4 is 22.5 Å². The number of likely N-dealkylation sites (tertiary alicyclic amines) is 1. The largest absolute Gasteiger partial charge is 0.342 e. The Morgan fingerprint density at radius 2 is 2.00 bits per heavy atom. The van der Waals surface area contributed by atoms with Gasteiger partial charge in [0.1, 0.15) is 0 Å². The van der Waals surface area contributed by atoms with Gasteiger partial charge in [-0.2, -0.15) is 5.10 Å². The Morgan fingerprint density at radius 3 is 2.81 bits per heavy atom. The average molecular weight is 361 g/mol. The Bertz CT molecular complexity index is 949. The van der Waals surface area contributed by atoms with Gasteiger partial charge in [-0.05, 0) is 41.7 Å². The summed E-state index contributed by atoms with van der Waals surface area (Å²) in [5, 5.41) is 8.88. The van der Waals surface area contributed by atoms with Crippen LogP contribution in [0.1, 0.15) is 35.2 Å². The third-order valence-corrected chi connectivity index (χ3v) is 5.36. The second kappa shape index (κ2) is 7.74. The van der Waals surface area contributed by atoms with Crippen molar-refractivity contribution in [3.63, 3.8) is 0 Å². The summed E-state index contributed by atoms with van der Waals surface area (Å²) in [7, 11) is 0. The molecule has 1 unspecified atom stereocenters. The van der Waals surface area contributed by atoms with E-state index in [4.69, 9.17) is 0 Å². The number of aromatic nitrogens is 2. The minimum Gasteiger partial charge on any atom is -0.342 e. The van der Waals surface area contributed by atoms with Crippen LogP contribution < -0.4 is 0 Å². The number of hydrogen-bond acceptors (Lipinski definition) is 3. The quantitative estimate of drug-likeness (QED) is 0.706. The molecule has 2 heterocycles. The number of piperidine rings is 1. The van der Waals surface area contributed by atoms with E-state index in [1.54, 1.807) is 6.20 Å². The number of aromatic amines is 1. The van der Waals surface area contributed by atoms with Gasteiger partial charge in [-0.3, -0.25) is 14.7 Å². The van der Waals surface area contributed by atoms with E-state index in [2.05, 4.69) is 10.2 Å². The van der Waals surface area contributed by atoms with E-state index in [0.717, 1.165) is 41.3 Å². The van der Waals surface area contributed by atoms with Gasteiger partial charge in [0.2, 0.25) is 5.91 Å². The maximum atomic E-state index is 13.0. The molecule has 0 spiro atoms. The van der Waals surface area contributed by atoms with Gasteiger partial charge in [-0.15, -0.1) is 0 Å². The van der Waals surface area contributed by atoms with Gasteiger partial charge in [0.25, 0.3) is 0 Å². The highest BCUT2D eigenvalue weighted by Crippen LogP contribution is 2.24. The van der Waals surface area contributed by atoms with E-state index in [0.29, 0.717) is 19.4 Å². The van der Waals surface area contributed by atoms with Crippen molar-refractivity contribution in [2.75, 3.05) is 13.1 Å². The van der Waals surface area contributed by atoms with E-state index >= 15 is 0 Å². The molecule has 1 atom stereocenters. The first-order chi connectivity index (χ1) is 13.2. The molecule has 1 aromatic heterocycles. The zero-order valence-electron chi connectivity index (χ0n) is 15.2. The number of carbonyl (C=O) groups is 2. The number of hydrogen-bond donors (Lipinski definition) is 1. The van der Waals surface area contributed by atoms with Crippen LogP contribution in [0.5, 0.6) is 0 Å². The molecule has 0 radical (unpaired) electrons. The van der Waals surface area contributed by atoms with E-state index in [1.807, 2.05) is 53.6 Å². The van der Waals surface area contributed by atoms with Crippen LogP contribution in [0.25, 0.3) is 10.8 Å². The number of nitrogens with one attached hydrogen (secondary N) is 1. The maximum Gasteiger partial charge on any atom is 0.222 e. The summed E-state index contributed by atoms with van der Waals surface area (Å²) in [6, 6.07) is 13.9. The van der Waals surface area contributed by atoms with Crippen LogP contribution in [-0.4, -0.2) is 39.9 Å². The highest BCUT2D eigenvalue weighted by Gasteiger charge is 2.28. The lowest BCUT2D eigenvalue weighted by molar-refractivity contribution is -0.132. The standard InChI is InChI=1S/C22H23N3O2/c26-21(10-7-16-13-23-24-14-16)25-11-3-6-20(15-25)22(27)19-9-8-17-4-1-2-5-18(17)12-19/h1-2,4-5,8-9,12-14,20H,3,6-7,10-11,15H2,(H,23,24). The second-order valence-electron chi connectivity index (χ2n) is 7.21. The lowest BCUT2D eigenvalue weighted by Gasteiger charge is -2.32. The molecule has 5 nitrogen and oxygen atoms in total. The van der Waals surface area contributed by atoms with Crippen LogP contribution in [0.15, 0.2) is 54.9 Å². The number of carbonyl (C=O) groups excluding carboxylic acids is 2. The van der Waals surface area contributed by atoms with Gasteiger partial charge >= 0.3 is 0 Å². The van der Waals surface area contributed by atoms with E-state index < -0.39 is 0 Å². The minimum atomic E-state index is -0.113. The smallest absolute Gasteiger partial charge is 0.222 e. The van der Waals surface area contributed by atoms with Crippen molar-refractivity contribution in [3.05, 3.63) is 66.0 Å². The topological polar surface area (TPSA) is 66.1 Å². The Kier molecular flexibility index (Phi) is 5.01. The fraction of sp³-hybridized carbons (Fsp3) is 0.318. The molecule has 1 aliphatic rings. The third-order valence-electron chi connectivity index (χ3n) is 5.36. The first-order valence-corrected chi connectivity index (χ1v) is 9.49. The van der Waals surface area contributed by atoms with Crippen molar-refractivity contribution in [3.8, 4) is 0 Å². The molecule has 1 N–H and O–H groups in total. The lowest BCUT2D eigenvalue weighted by atomic mass is 9.89. The number of H-pyrrole nitrogens is 1. The number of amides is 1. The molecule has 3 aromatic rings. The second-order valence-corrected chi connectivity index (χ2v) is 7.21. The summed E-state index contributed by atoms with van der Waals surface area (Å²) in [4.78, 5) is 27.4. The summed E-state index contributed by atoms with van der Waals surface area (Å²) < 4.78 is 0. The molecule has 0 aliphatic carbocycles. The Labute approximate surface area is 158 Å². The summed E-state index contributed by atoms with van der Waals surface area (Å²) in [5.74, 6) is 0.151. The number of Topliss-reactive ketones (excluding diaryl/α,β-unsaturated/α-hetero) is 1. The molecular formula is C22H23N3O2. The van der Waals surface area contributed by atoms with Gasteiger partial charge in [0, 0.05) is 37.2 Å². The Morgan fingerprint density at radius 1 is 1.15 bits per heavy atom. The van der Waals surface area contributed by atoms with Crippen molar-refractivity contribution in [1.29, 1.82) is 0 Å². The van der Waals surface area contributed by atoms with Crippen molar-refractivity contribution in [2.24, 2.45) is 5.92 Å². The first kappa shape index (κ1) is 17.5. The highest BCUT2D eigenvalue weighted by molar-refractivity contribution is 6.01. The normalized spacial score (nSPS) is 17.2. The number of benzene rings is 2. The van der Waals surface area contributed by atoms with Crippen LogP contribution >= 0.6 is 0 Å². The van der Waals surface area contributed by atoms with Gasteiger partial charge in [-0.25, -0.2) is 0 Å². The molecule has 27 heavy (non-hydrogen) atoms. The summed E-state index contributed by atoms with van der Waals surface area (Å²) in [6.45, 7) is 1.27. The van der Waals surface area contributed by atoms with E-state index in [9.17, 15) is 9.59 Å². The number of nitrogens with zero attached hydrogens (tertiary/aromatic N) is 2. The number of fused-ring (bicyclic) bond motifs is 1. The molecule has 1 fully saturated rings. The summed E-state index contributed by atoms with van der Waals surface area (Å²) in [5.41, 5.74) is 1.77. The fourth-order valence-electron chi connectivity index (χ4n) is 3.82. The molecule has 1 amide bonds. The number of rotatable bonds is 5. The molecule has 1 aliphatic heterocycles. The Balaban J connectivity index is 1.42. The van der Waals surface area contributed by atoms with Crippen molar-refractivity contribution in [2.45, 2.75) is 25.7 Å². The maximum absolute atomic E-state index is 13.0. The zero-order chi connectivity index (χ0) is 18.6. The first-order valence-electron chi connectivity index (χ1n) is 9.49. The van der Waals surface area contributed by atoms with E-state index in [-0.39, 0.29) is 17.6 Å². The summed E-state index contributed by atoms with van der Waals surface area (Å²) in [6.07, 6.45) is 6.41. The van der Waals surface area contributed by atoms with Gasteiger partial charge in [-0.1, -0.05) is 36.4 Å². The van der Waals surface area contributed by atoms with Gasteiger partial charge < -0.3 is 4.90 Å². The monoisotopic (exact) mass is 361 g/mol. The number of ketones is 1. The molecule has 0 saturated carbocycles. The Hall–Kier alpha value is -2.95. The molecular weight excluding hydrogens is 338 g/mol. The van der Waals surface area contributed by atoms with Crippen LogP contribution in [-0.2, 0) is 11.2 Å². The highest BCUT2D eigenvalue weighted by atomic mass is 16.2. The molecule has 1 saturated heterocycles. The predicted octanol–water partition coefficient (Wildman–Crippen LogP) is 3.62. The average Bonchev–Trinajstić information content (AvgIpc) is 3.25. The third kappa shape index (κ3) is 3.92. The van der Waals surface area contributed by atoms with Gasteiger partial charge in [0.15, 0.2) is 5.78 Å². The molecule has 4 rings (SSSR count). The minimum absolute atomic E-state index is 0.113.